The van der Waals surface area contributed by atoms with E-state index < -0.39 is 0 Å². The predicted octanol–water partition coefficient (Wildman–Crippen LogP) is 2.96. The monoisotopic (exact) mass is 292 g/mol. The molecule has 0 radical (unpaired) electrons. The second-order valence-electron chi connectivity index (χ2n) is 5.93. The molecular formula is C14H20N4OS. The van der Waals surface area contributed by atoms with Crippen LogP contribution in [0.5, 0.6) is 0 Å². The fraction of sp³-hybridized carbons (Fsp3) is 0.714. The first kappa shape index (κ1) is 12.6. The third-order valence-electron chi connectivity index (χ3n) is 4.60. The van der Waals surface area contributed by atoms with Gasteiger partial charge in [-0.3, -0.25) is 4.57 Å². The number of hydrogen-bond acceptors (Lipinski definition) is 3. The molecule has 5 nitrogen and oxygen atoms in total. The summed E-state index contributed by atoms with van der Waals surface area (Å²) < 4.78 is 11.1. The quantitative estimate of drug-likeness (QED) is 0.885. The second kappa shape index (κ2) is 4.43. The van der Waals surface area contributed by atoms with Crippen LogP contribution in [0.2, 0.25) is 0 Å². The van der Waals surface area contributed by atoms with Gasteiger partial charge < -0.3 is 9.72 Å². The Labute approximate surface area is 122 Å². The van der Waals surface area contributed by atoms with E-state index in [0.717, 1.165) is 47.1 Å². The number of aromatic amines is 1. The maximum Gasteiger partial charge on any atom is 0.179 e. The molecule has 1 saturated heterocycles. The van der Waals surface area contributed by atoms with Crippen LogP contribution in [0, 0.1) is 17.6 Å². The minimum Gasteiger partial charge on any atom is -0.376 e. The van der Waals surface area contributed by atoms with Gasteiger partial charge in [-0.15, -0.1) is 0 Å². The summed E-state index contributed by atoms with van der Waals surface area (Å²) in [5, 5.41) is 4.60. The molecule has 0 aromatic carbocycles. The van der Waals surface area contributed by atoms with Crippen molar-refractivity contribution in [2.75, 3.05) is 6.61 Å². The highest BCUT2D eigenvalue weighted by atomic mass is 32.1. The van der Waals surface area contributed by atoms with E-state index in [2.05, 4.69) is 26.3 Å². The molecule has 1 N–H and O–H groups in total. The largest absolute Gasteiger partial charge is 0.376 e. The first-order chi connectivity index (χ1) is 9.70. The Morgan fingerprint density at radius 2 is 2.20 bits per heavy atom. The number of hydrogen-bond donors (Lipinski definition) is 1. The van der Waals surface area contributed by atoms with Gasteiger partial charge in [0.1, 0.15) is 5.52 Å². The minimum absolute atomic E-state index is 0.334. The lowest BCUT2D eigenvalue weighted by Crippen LogP contribution is -2.23. The van der Waals surface area contributed by atoms with E-state index in [-0.39, 0.29) is 0 Å². The zero-order valence-electron chi connectivity index (χ0n) is 11.9. The lowest BCUT2D eigenvalue weighted by Gasteiger charge is -2.20. The molecule has 1 saturated carbocycles. The van der Waals surface area contributed by atoms with Gasteiger partial charge in [0.25, 0.3) is 0 Å². The molecule has 2 aromatic heterocycles. The highest BCUT2D eigenvalue weighted by Crippen LogP contribution is 2.44. The first-order valence-electron chi connectivity index (χ1n) is 7.50. The van der Waals surface area contributed by atoms with Crippen LogP contribution in [0.4, 0.5) is 0 Å². The smallest absolute Gasteiger partial charge is 0.179 e. The molecule has 4 rings (SSSR count). The summed E-state index contributed by atoms with van der Waals surface area (Å²) in [5.41, 5.74) is 3.24. The van der Waals surface area contributed by atoms with Crippen LogP contribution in [-0.2, 0) is 11.3 Å². The van der Waals surface area contributed by atoms with Crippen LogP contribution >= 0.6 is 12.2 Å². The topological polar surface area (TPSA) is 47.8 Å². The molecule has 20 heavy (non-hydrogen) atoms. The van der Waals surface area contributed by atoms with Gasteiger partial charge in [-0.1, -0.05) is 0 Å². The Kier molecular flexibility index (Phi) is 2.79. The third-order valence-corrected chi connectivity index (χ3v) is 4.90. The van der Waals surface area contributed by atoms with Gasteiger partial charge in [-0.2, -0.15) is 5.10 Å². The fourth-order valence-corrected chi connectivity index (χ4v) is 3.83. The maximum atomic E-state index is 5.99. The highest BCUT2D eigenvalue weighted by Gasteiger charge is 2.42. The molecular weight excluding hydrogens is 272 g/mol. The van der Waals surface area contributed by atoms with Crippen molar-refractivity contribution in [2.24, 2.45) is 5.92 Å². The number of aromatic nitrogens is 4. The van der Waals surface area contributed by atoms with E-state index >= 15 is 0 Å². The zero-order chi connectivity index (χ0) is 13.9. The fourth-order valence-electron chi connectivity index (χ4n) is 3.50. The number of ether oxygens (including phenoxy) is 1. The van der Waals surface area contributed by atoms with Crippen molar-refractivity contribution in [3.05, 3.63) is 10.5 Å². The normalized spacial score (nSPS) is 26.7. The van der Waals surface area contributed by atoms with E-state index in [0.29, 0.717) is 12.1 Å². The van der Waals surface area contributed by atoms with E-state index in [1.165, 1.54) is 12.8 Å². The van der Waals surface area contributed by atoms with Gasteiger partial charge >= 0.3 is 0 Å². The highest BCUT2D eigenvalue weighted by molar-refractivity contribution is 7.71. The molecule has 2 aromatic rings. The van der Waals surface area contributed by atoms with Crippen LogP contribution in [0.15, 0.2) is 0 Å². The van der Waals surface area contributed by atoms with Crippen molar-refractivity contribution >= 4 is 23.4 Å². The van der Waals surface area contributed by atoms with Crippen molar-refractivity contribution < 1.29 is 4.74 Å². The zero-order valence-corrected chi connectivity index (χ0v) is 12.7. The van der Waals surface area contributed by atoms with Crippen LogP contribution < -0.4 is 0 Å². The molecule has 108 valence electrons. The van der Waals surface area contributed by atoms with E-state index in [1.54, 1.807) is 0 Å². The molecule has 2 atom stereocenters. The standard InChI is InChI=1S/C14H20N4OS/c1-3-17-13-11(8(2)16-17)15-14(20)18(13)10-6-7-19-12(10)9-4-5-9/h9-10,12H,3-7H2,1-2H3,(H,15,20). The molecule has 0 amide bonds. The molecule has 3 heterocycles. The van der Waals surface area contributed by atoms with Gasteiger partial charge in [0.05, 0.1) is 17.8 Å². The maximum absolute atomic E-state index is 5.99. The number of rotatable bonds is 3. The summed E-state index contributed by atoms with van der Waals surface area (Å²) in [5.74, 6) is 0.730. The number of fused-ring (bicyclic) bond motifs is 1. The lowest BCUT2D eigenvalue weighted by atomic mass is 10.1. The molecule has 0 bridgehead atoms. The minimum atomic E-state index is 0.334. The Hall–Kier alpha value is -1.14. The Bertz CT molecular complexity index is 709. The molecule has 2 fully saturated rings. The summed E-state index contributed by atoms with van der Waals surface area (Å²) in [7, 11) is 0. The molecule has 1 aliphatic carbocycles. The van der Waals surface area contributed by atoms with Crippen molar-refractivity contribution in [2.45, 2.75) is 51.8 Å². The van der Waals surface area contributed by atoms with Crippen molar-refractivity contribution in [1.82, 2.24) is 19.3 Å². The van der Waals surface area contributed by atoms with Crippen molar-refractivity contribution in [1.29, 1.82) is 0 Å². The third kappa shape index (κ3) is 1.71. The van der Waals surface area contributed by atoms with E-state index in [1.807, 2.05) is 6.92 Å². The number of H-pyrrole nitrogens is 1. The predicted molar refractivity (Wildman–Crippen MR) is 79.4 cm³/mol. The average Bonchev–Trinajstić information content (AvgIpc) is 2.95. The molecule has 2 aliphatic rings. The van der Waals surface area contributed by atoms with Crippen molar-refractivity contribution in [3.63, 3.8) is 0 Å². The van der Waals surface area contributed by atoms with Crippen molar-refractivity contribution in [3.8, 4) is 0 Å². The van der Waals surface area contributed by atoms with Crippen LogP contribution in [0.3, 0.4) is 0 Å². The summed E-state index contributed by atoms with van der Waals surface area (Å²) in [6, 6.07) is 0.366. The van der Waals surface area contributed by atoms with Gasteiger partial charge in [0.2, 0.25) is 0 Å². The molecule has 1 aliphatic heterocycles. The molecule has 2 unspecified atom stereocenters. The Morgan fingerprint density at radius 1 is 1.40 bits per heavy atom. The number of imidazole rings is 1. The lowest BCUT2D eigenvalue weighted by molar-refractivity contribution is 0.0753. The van der Waals surface area contributed by atoms with Gasteiger partial charge in [0, 0.05) is 13.2 Å². The number of nitrogens with zero attached hydrogens (tertiary/aromatic N) is 3. The van der Waals surface area contributed by atoms with Crippen LogP contribution in [0.1, 0.15) is 37.9 Å². The summed E-state index contributed by atoms with van der Waals surface area (Å²) in [6.07, 6.45) is 3.99. The Balaban J connectivity index is 1.89. The summed E-state index contributed by atoms with van der Waals surface area (Å²) >= 11 is 5.58. The van der Waals surface area contributed by atoms with Gasteiger partial charge in [-0.05, 0) is 51.2 Å². The number of aryl methyl sites for hydroxylation is 2. The van der Waals surface area contributed by atoms with Gasteiger partial charge in [-0.25, -0.2) is 4.68 Å². The summed E-state index contributed by atoms with van der Waals surface area (Å²) in [6.45, 7) is 5.86. The Morgan fingerprint density at radius 3 is 2.90 bits per heavy atom. The van der Waals surface area contributed by atoms with E-state index in [9.17, 15) is 0 Å². The summed E-state index contributed by atoms with van der Waals surface area (Å²) in [4.78, 5) is 3.35. The molecule has 6 heteroatoms. The molecule has 0 spiro atoms. The second-order valence-corrected chi connectivity index (χ2v) is 6.32. The van der Waals surface area contributed by atoms with Crippen LogP contribution in [0.25, 0.3) is 11.2 Å². The van der Waals surface area contributed by atoms with Gasteiger partial charge in [0.15, 0.2) is 10.4 Å². The SMILES string of the molecule is CCn1nc(C)c2[nH]c(=S)n(C3CCOC3C3CC3)c21. The van der Waals surface area contributed by atoms with E-state index in [4.69, 9.17) is 17.0 Å². The number of nitrogens with one attached hydrogen (secondary N) is 1. The average molecular weight is 292 g/mol. The van der Waals surface area contributed by atoms with Crippen LogP contribution in [-0.4, -0.2) is 32.0 Å². The first-order valence-corrected chi connectivity index (χ1v) is 7.90.